The van der Waals surface area contributed by atoms with Crippen LogP contribution in [0.2, 0.25) is 0 Å². The third-order valence-corrected chi connectivity index (χ3v) is 3.62. The van der Waals surface area contributed by atoms with Crippen molar-refractivity contribution in [3.05, 3.63) is 0 Å². The SMILES string of the molecule is CCN1CCC(CNCC(O)COCCOC(C)C)C1. The molecule has 1 aliphatic rings. The van der Waals surface area contributed by atoms with Crippen LogP contribution >= 0.6 is 0 Å². The second-order valence-corrected chi connectivity index (χ2v) is 5.85. The Kier molecular flexibility index (Phi) is 9.39. The molecule has 0 bridgehead atoms. The van der Waals surface area contributed by atoms with Crippen LogP contribution in [0.5, 0.6) is 0 Å². The molecule has 5 heteroatoms. The molecule has 0 radical (unpaired) electrons. The maximum Gasteiger partial charge on any atom is 0.0897 e. The smallest absolute Gasteiger partial charge is 0.0897 e. The molecule has 0 aliphatic carbocycles. The van der Waals surface area contributed by atoms with E-state index in [1.807, 2.05) is 13.8 Å². The second kappa shape index (κ2) is 10.5. The summed E-state index contributed by atoms with van der Waals surface area (Å²) < 4.78 is 10.7. The molecule has 0 spiro atoms. The van der Waals surface area contributed by atoms with E-state index in [0.29, 0.717) is 26.4 Å². The topological polar surface area (TPSA) is 54.0 Å². The molecule has 1 heterocycles. The lowest BCUT2D eigenvalue weighted by Gasteiger charge is -2.16. The van der Waals surface area contributed by atoms with Crippen molar-refractivity contribution < 1.29 is 14.6 Å². The zero-order chi connectivity index (χ0) is 14.8. The van der Waals surface area contributed by atoms with Gasteiger partial charge in [0.2, 0.25) is 0 Å². The highest BCUT2D eigenvalue weighted by Crippen LogP contribution is 2.14. The first-order valence-electron chi connectivity index (χ1n) is 7.92. The molecule has 5 nitrogen and oxygen atoms in total. The number of nitrogens with one attached hydrogen (secondary N) is 1. The summed E-state index contributed by atoms with van der Waals surface area (Å²) in [6, 6.07) is 0. The summed E-state index contributed by atoms with van der Waals surface area (Å²) in [5, 5.41) is 13.1. The van der Waals surface area contributed by atoms with Crippen molar-refractivity contribution in [2.24, 2.45) is 5.92 Å². The van der Waals surface area contributed by atoms with E-state index in [1.54, 1.807) is 0 Å². The number of hydrogen-bond acceptors (Lipinski definition) is 5. The molecule has 0 aromatic carbocycles. The third kappa shape index (κ3) is 8.17. The Morgan fingerprint density at radius 2 is 2.15 bits per heavy atom. The average molecular weight is 288 g/mol. The van der Waals surface area contributed by atoms with Gasteiger partial charge in [-0.2, -0.15) is 0 Å². The average Bonchev–Trinajstić information content (AvgIpc) is 2.86. The molecule has 120 valence electrons. The monoisotopic (exact) mass is 288 g/mol. The Balaban J connectivity index is 1.91. The Labute approximate surface area is 123 Å². The molecule has 0 amide bonds. The maximum atomic E-state index is 9.79. The summed E-state index contributed by atoms with van der Waals surface area (Å²) in [6.45, 7) is 12.9. The Bertz CT molecular complexity index is 239. The minimum atomic E-state index is -0.433. The first-order chi connectivity index (χ1) is 9.61. The lowest BCUT2D eigenvalue weighted by atomic mass is 10.1. The molecule has 0 saturated carbocycles. The van der Waals surface area contributed by atoms with E-state index < -0.39 is 6.10 Å². The molecule has 20 heavy (non-hydrogen) atoms. The van der Waals surface area contributed by atoms with Gasteiger partial charge in [0.1, 0.15) is 0 Å². The fourth-order valence-corrected chi connectivity index (χ4v) is 2.44. The van der Waals surface area contributed by atoms with Gasteiger partial charge in [-0.3, -0.25) is 0 Å². The van der Waals surface area contributed by atoms with Crippen molar-refractivity contribution in [3.63, 3.8) is 0 Å². The first-order valence-corrected chi connectivity index (χ1v) is 7.92. The third-order valence-electron chi connectivity index (χ3n) is 3.62. The van der Waals surface area contributed by atoms with Crippen molar-refractivity contribution in [3.8, 4) is 0 Å². The molecule has 1 saturated heterocycles. The van der Waals surface area contributed by atoms with Crippen LogP contribution in [0.4, 0.5) is 0 Å². The molecule has 1 rings (SSSR count). The lowest BCUT2D eigenvalue weighted by molar-refractivity contribution is -0.0101. The molecule has 1 aliphatic heterocycles. The number of nitrogens with zero attached hydrogens (tertiary/aromatic N) is 1. The van der Waals surface area contributed by atoms with Gasteiger partial charge in [-0.25, -0.2) is 0 Å². The Morgan fingerprint density at radius 3 is 2.80 bits per heavy atom. The highest BCUT2D eigenvalue weighted by Gasteiger charge is 2.20. The predicted octanol–water partition coefficient (Wildman–Crippen LogP) is 0.720. The van der Waals surface area contributed by atoms with Crippen LogP contribution in [0.1, 0.15) is 27.2 Å². The fourth-order valence-electron chi connectivity index (χ4n) is 2.44. The highest BCUT2D eigenvalue weighted by molar-refractivity contribution is 4.76. The number of rotatable bonds is 11. The van der Waals surface area contributed by atoms with E-state index in [-0.39, 0.29) is 6.10 Å². The summed E-state index contributed by atoms with van der Waals surface area (Å²) in [5.41, 5.74) is 0. The molecular formula is C15H32N2O3. The van der Waals surface area contributed by atoms with Gasteiger partial charge in [-0.15, -0.1) is 0 Å². The van der Waals surface area contributed by atoms with E-state index in [4.69, 9.17) is 9.47 Å². The van der Waals surface area contributed by atoms with Gasteiger partial charge in [-0.1, -0.05) is 6.92 Å². The quantitative estimate of drug-likeness (QED) is 0.549. The van der Waals surface area contributed by atoms with Crippen LogP contribution in [-0.2, 0) is 9.47 Å². The summed E-state index contributed by atoms with van der Waals surface area (Å²) in [7, 11) is 0. The molecule has 2 N–H and O–H groups in total. The van der Waals surface area contributed by atoms with Crippen molar-refractivity contribution in [1.29, 1.82) is 0 Å². The van der Waals surface area contributed by atoms with E-state index >= 15 is 0 Å². The summed E-state index contributed by atoms with van der Waals surface area (Å²) in [5.74, 6) is 0.725. The van der Waals surface area contributed by atoms with Gasteiger partial charge >= 0.3 is 0 Å². The summed E-state index contributed by atoms with van der Waals surface area (Å²) in [4.78, 5) is 2.47. The molecule has 2 unspecified atom stereocenters. The summed E-state index contributed by atoms with van der Waals surface area (Å²) in [6.07, 6.45) is 1.07. The second-order valence-electron chi connectivity index (χ2n) is 5.85. The number of aliphatic hydroxyl groups excluding tert-OH is 1. The number of likely N-dealkylation sites (tertiary alicyclic amines) is 1. The molecule has 0 aromatic rings. The predicted molar refractivity (Wildman–Crippen MR) is 81.0 cm³/mol. The van der Waals surface area contributed by atoms with Crippen LogP contribution in [-0.4, -0.2) is 74.8 Å². The highest BCUT2D eigenvalue weighted by atomic mass is 16.5. The van der Waals surface area contributed by atoms with Gasteiger partial charge in [0.15, 0.2) is 0 Å². The number of aliphatic hydroxyl groups is 1. The minimum Gasteiger partial charge on any atom is -0.389 e. The maximum absolute atomic E-state index is 9.79. The molecular weight excluding hydrogens is 256 g/mol. The van der Waals surface area contributed by atoms with Crippen molar-refractivity contribution in [1.82, 2.24) is 10.2 Å². The van der Waals surface area contributed by atoms with Gasteiger partial charge in [-0.05, 0) is 45.8 Å². The van der Waals surface area contributed by atoms with Crippen LogP contribution in [0.15, 0.2) is 0 Å². The molecule has 1 fully saturated rings. The molecule has 2 atom stereocenters. The van der Waals surface area contributed by atoms with Crippen LogP contribution < -0.4 is 5.32 Å². The van der Waals surface area contributed by atoms with Gasteiger partial charge in [0.25, 0.3) is 0 Å². The Hall–Kier alpha value is -0.200. The lowest BCUT2D eigenvalue weighted by Crippen LogP contribution is -2.34. The van der Waals surface area contributed by atoms with E-state index in [0.717, 1.165) is 19.0 Å². The van der Waals surface area contributed by atoms with Crippen LogP contribution in [0.3, 0.4) is 0 Å². The normalized spacial score (nSPS) is 21.8. The van der Waals surface area contributed by atoms with E-state index in [2.05, 4.69) is 17.1 Å². The summed E-state index contributed by atoms with van der Waals surface area (Å²) >= 11 is 0. The van der Waals surface area contributed by atoms with Gasteiger partial charge in [0.05, 0.1) is 32.0 Å². The van der Waals surface area contributed by atoms with Crippen molar-refractivity contribution in [2.45, 2.75) is 39.4 Å². The van der Waals surface area contributed by atoms with Crippen LogP contribution in [0.25, 0.3) is 0 Å². The van der Waals surface area contributed by atoms with Crippen molar-refractivity contribution >= 4 is 0 Å². The van der Waals surface area contributed by atoms with Crippen LogP contribution in [0, 0.1) is 5.92 Å². The van der Waals surface area contributed by atoms with Gasteiger partial charge < -0.3 is 24.8 Å². The van der Waals surface area contributed by atoms with Crippen molar-refractivity contribution in [2.75, 3.05) is 52.5 Å². The zero-order valence-electron chi connectivity index (χ0n) is 13.3. The number of hydrogen-bond donors (Lipinski definition) is 2. The van der Waals surface area contributed by atoms with E-state index in [9.17, 15) is 5.11 Å². The largest absolute Gasteiger partial charge is 0.389 e. The fraction of sp³-hybridized carbons (Fsp3) is 1.00. The zero-order valence-corrected chi connectivity index (χ0v) is 13.3. The first kappa shape index (κ1) is 17.9. The Morgan fingerprint density at radius 1 is 1.35 bits per heavy atom. The number of ether oxygens (including phenoxy) is 2. The standard InChI is InChI=1S/C15H32N2O3/c1-4-17-6-5-14(11-17)9-16-10-15(18)12-19-7-8-20-13(2)3/h13-16,18H,4-12H2,1-3H3. The van der Waals surface area contributed by atoms with Gasteiger partial charge in [0, 0.05) is 13.1 Å². The van der Waals surface area contributed by atoms with E-state index in [1.165, 1.54) is 19.5 Å². The minimum absolute atomic E-state index is 0.235. The molecule has 0 aromatic heterocycles.